The van der Waals surface area contributed by atoms with Gasteiger partial charge >= 0.3 is 0 Å². The molecule has 7 nitrogen and oxygen atoms in total. The summed E-state index contributed by atoms with van der Waals surface area (Å²) in [4.78, 5) is 23.1. The highest BCUT2D eigenvalue weighted by Crippen LogP contribution is 2.17. The molecule has 0 spiro atoms. The van der Waals surface area contributed by atoms with E-state index < -0.39 is 0 Å². The van der Waals surface area contributed by atoms with E-state index in [1.165, 1.54) is 0 Å². The molecule has 1 fully saturated rings. The predicted octanol–water partition coefficient (Wildman–Crippen LogP) is 1.97. The molecule has 0 bridgehead atoms. The number of carbonyl (C=O) groups is 1. The second kappa shape index (κ2) is 6.60. The number of nitrogens with zero attached hydrogens (tertiary/aromatic N) is 4. The molecular formula is C16H23N5O2S. The van der Waals surface area contributed by atoms with E-state index in [1.807, 2.05) is 32.6 Å². The van der Waals surface area contributed by atoms with Gasteiger partial charge in [0.1, 0.15) is 0 Å². The first kappa shape index (κ1) is 17.0. The van der Waals surface area contributed by atoms with Gasteiger partial charge in [-0.05, 0) is 51.9 Å². The molecule has 1 aliphatic heterocycles. The molecule has 0 saturated carbocycles. The van der Waals surface area contributed by atoms with Gasteiger partial charge in [-0.3, -0.25) is 9.89 Å². The second-order valence-electron chi connectivity index (χ2n) is 6.48. The normalized spacial score (nSPS) is 21.4. The Morgan fingerprint density at radius 1 is 1.29 bits per heavy atom. The Hall–Kier alpha value is -1.80. The summed E-state index contributed by atoms with van der Waals surface area (Å²) in [6.45, 7) is 9.27. The minimum atomic E-state index is 0.0882. The fourth-order valence-corrected chi connectivity index (χ4v) is 3.54. The van der Waals surface area contributed by atoms with E-state index in [0.29, 0.717) is 36.5 Å². The van der Waals surface area contributed by atoms with Crippen LogP contribution in [0.2, 0.25) is 0 Å². The zero-order chi connectivity index (χ0) is 17.4. The van der Waals surface area contributed by atoms with Crippen LogP contribution in [-0.4, -0.2) is 55.7 Å². The van der Waals surface area contributed by atoms with Gasteiger partial charge in [-0.1, -0.05) is 0 Å². The Kier molecular flexibility index (Phi) is 4.69. The lowest BCUT2D eigenvalue weighted by atomic mass is 10.1. The third-order valence-corrected chi connectivity index (χ3v) is 4.63. The number of rotatable bonds is 3. The lowest BCUT2D eigenvalue weighted by molar-refractivity contribution is -0.143. The van der Waals surface area contributed by atoms with Gasteiger partial charge in [0.2, 0.25) is 10.7 Å². The molecule has 2 aromatic rings. The molecule has 1 aliphatic rings. The molecule has 2 aromatic heterocycles. The standard InChI is InChI=1S/C16H23N5O2S/c1-9-7-20(8-10(2)23-9)14(22)6-5-13-11(3)17-15-18-16(24)19-21(15)12(13)4/h9-10H,5-8H2,1-4H3,(H,19,24)/t9-,10-/m0/s1. The highest BCUT2D eigenvalue weighted by Gasteiger charge is 2.25. The van der Waals surface area contributed by atoms with E-state index >= 15 is 0 Å². The van der Waals surface area contributed by atoms with Gasteiger partial charge in [0.25, 0.3) is 5.78 Å². The largest absolute Gasteiger partial charge is 0.372 e. The van der Waals surface area contributed by atoms with Crippen molar-refractivity contribution >= 4 is 23.9 Å². The van der Waals surface area contributed by atoms with Gasteiger partial charge in [-0.2, -0.15) is 4.98 Å². The van der Waals surface area contributed by atoms with Crippen molar-refractivity contribution in [3.05, 3.63) is 21.7 Å². The van der Waals surface area contributed by atoms with Gasteiger partial charge in [0.05, 0.1) is 12.2 Å². The molecule has 8 heteroatoms. The van der Waals surface area contributed by atoms with Crippen molar-refractivity contribution < 1.29 is 9.53 Å². The number of hydrogen-bond donors (Lipinski definition) is 1. The van der Waals surface area contributed by atoms with E-state index in [2.05, 4.69) is 15.1 Å². The first-order valence-corrected chi connectivity index (χ1v) is 8.64. The molecule has 130 valence electrons. The van der Waals surface area contributed by atoms with Crippen LogP contribution < -0.4 is 0 Å². The van der Waals surface area contributed by atoms with Crippen molar-refractivity contribution in [1.82, 2.24) is 24.5 Å². The monoisotopic (exact) mass is 349 g/mol. The SMILES string of the molecule is Cc1nc2nc(=S)[nH]n2c(C)c1CCC(=O)N1C[C@H](C)O[C@@H](C)C1. The number of aromatic nitrogens is 4. The molecule has 2 atom stereocenters. The summed E-state index contributed by atoms with van der Waals surface area (Å²) in [5.74, 6) is 0.732. The van der Waals surface area contributed by atoms with Crippen LogP contribution in [0.1, 0.15) is 37.2 Å². The van der Waals surface area contributed by atoms with Crippen molar-refractivity contribution in [3.8, 4) is 0 Å². The highest BCUT2D eigenvalue weighted by molar-refractivity contribution is 7.71. The number of aromatic amines is 1. The lowest BCUT2D eigenvalue weighted by Gasteiger charge is -2.35. The van der Waals surface area contributed by atoms with Gasteiger partial charge in [-0.15, -0.1) is 0 Å². The van der Waals surface area contributed by atoms with Crippen LogP contribution in [-0.2, 0) is 16.0 Å². The molecule has 0 aromatic carbocycles. The Morgan fingerprint density at radius 3 is 2.62 bits per heavy atom. The van der Waals surface area contributed by atoms with Crippen LogP contribution in [0.5, 0.6) is 0 Å². The molecule has 1 saturated heterocycles. The number of nitrogens with one attached hydrogen (secondary N) is 1. The number of carbonyl (C=O) groups excluding carboxylic acids is 1. The maximum Gasteiger partial charge on any atom is 0.252 e. The van der Waals surface area contributed by atoms with Crippen molar-refractivity contribution in [3.63, 3.8) is 0 Å². The summed E-state index contributed by atoms with van der Waals surface area (Å²) in [6, 6.07) is 0. The van der Waals surface area contributed by atoms with E-state index in [1.54, 1.807) is 4.52 Å². The molecule has 3 rings (SSSR count). The van der Waals surface area contributed by atoms with E-state index in [4.69, 9.17) is 17.0 Å². The number of ether oxygens (including phenoxy) is 1. The third-order valence-electron chi connectivity index (χ3n) is 4.45. The maximum absolute atomic E-state index is 12.6. The Bertz CT molecular complexity index is 818. The number of amides is 1. The van der Waals surface area contributed by atoms with Crippen LogP contribution in [0.3, 0.4) is 0 Å². The number of aryl methyl sites for hydroxylation is 2. The van der Waals surface area contributed by atoms with Crippen molar-refractivity contribution in [1.29, 1.82) is 0 Å². The van der Waals surface area contributed by atoms with Crippen LogP contribution in [0.25, 0.3) is 5.78 Å². The molecule has 0 unspecified atom stereocenters. The quantitative estimate of drug-likeness (QED) is 0.858. The summed E-state index contributed by atoms with van der Waals surface area (Å²) in [5, 5.41) is 3.00. The molecule has 0 radical (unpaired) electrons. The van der Waals surface area contributed by atoms with Crippen molar-refractivity contribution in [2.75, 3.05) is 13.1 Å². The van der Waals surface area contributed by atoms with E-state index in [0.717, 1.165) is 17.0 Å². The summed E-state index contributed by atoms with van der Waals surface area (Å²) in [6.07, 6.45) is 1.29. The summed E-state index contributed by atoms with van der Waals surface area (Å²) in [7, 11) is 0. The average Bonchev–Trinajstić information content (AvgIpc) is 2.86. The molecule has 3 heterocycles. The molecule has 1 N–H and O–H groups in total. The lowest BCUT2D eigenvalue weighted by Crippen LogP contribution is -2.48. The van der Waals surface area contributed by atoms with Crippen LogP contribution in [0, 0.1) is 18.6 Å². The maximum atomic E-state index is 12.6. The zero-order valence-electron chi connectivity index (χ0n) is 14.5. The van der Waals surface area contributed by atoms with Crippen LogP contribution >= 0.6 is 12.2 Å². The average molecular weight is 349 g/mol. The summed E-state index contributed by atoms with van der Waals surface area (Å²) in [5.41, 5.74) is 2.96. The molecule has 0 aliphatic carbocycles. The van der Waals surface area contributed by atoms with Gasteiger partial charge in [0.15, 0.2) is 0 Å². The minimum Gasteiger partial charge on any atom is -0.372 e. The van der Waals surface area contributed by atoms with Gasteiger partial charge < -0.3 is 9.64 Å². The minimum absolute atomic E-state index is 0.0882. The van der Waals surface area contributed by atoms with Crippen LogP contribution in [0.15, 0.2) is 0 Å². The number of fused-ring (bicyclic) bond motifs is 1. The molecule has 24 heavy (non-hydrogen) atoms. The van der Waals surface area contributed by atoms with E-state index in [-0.39, 0.29) is 18.1 Å². The number of H-pyrrole nitrogens is 1. The smallest absolute Gasteiger partial charge is 0.252 e. The molecule has 1 amide bonds. The summed E-state index contributed by atoms with van der Waals surface area (Å²) >= 11 is 5.07. The van der Waals surface area contributed by atoms with E-state index in [9.17, 15) is 4.79 Å². The summed E-state index contributed by atoms with van der Waals surface area (Å²) < 4.78 is 7.89. The zero-order valence-corrected chi connectivity index (χ0v) is 15.3. The van der Waals surface area contributed by atoms with Gasteiger partial charge in [-0.25, -0.2) is 9.50 Å². The fourth-order valence-electron chi connectivity index (χ4n) is 3.37. The Morgan fingerprint density at radius 2 is 1.96 bits per heavy atom. The van der Waals surface area contributed by atoms with Crippen molar-refractivity contribution in [2.24, 2.45) is 0 Å². The van der Waals surface area contributed by atoms with Gasteiger partial charge in [0, 0.05) is 30.9 Å². The topological polar surface area (TPSA) is 75.5 Å². The first-order valence-electron chi connectivity index (χ1n) is 8.23. The number of hydrogen-bond acceptors (Lipinski definition) is 5. The molecular weight excluding hydrogens is 326 g/mol. The highest BCUT2D eigenvalue weighted by atomic mass is 32.1. The van der Waals surface area contributed by atoms with Crippen LogP contribution in [0.4, 0.5) is 0 Å². The second-order valence-corrected chi connectivity index (χ2v) is 6.87. The fraction of sp³-hybridized carbons (Fsp3) is 0.625. The third kappa shape index (κ3) is 3.34. The van der Waals surface area contributed by atoms with Crippen molar-refractivity contribution in [2.45, 2.75) is 52.7 Å². The Labute approximate surface area is 146 Å². The Balaban J connectivity index is 1.75. The number of morpholine rings is 1. The predicted molar refractivity (Wildman–Crippen MR) is 92.6 cm³/mol. The first-order chi connectivity index (χ1) is 11.3.